The molecule has 0 spiro atoms. The first-order valence-electron chi connectivity index (χ1n) is 9.62. The van der Waals surface area contributed by atoms with Crippen LogP contribution in [0.5, 0.6) is 11.5 Å². The van der Waals surface area contributed by atoms with E-state index in [-0.39, 0.29) is 12.2 Å². The molecule has 0 atom stereocenters. The highest BCUT2D eigenvalue weighted by Crippen LogP contribution is 2.32. The van der Waals surface area contributed by atoms with Crippen molar-refractivity contribution in [2.24, 2.45) is 0 Å². The molecule has 1 heterocycles. The fourth-order valence-corrected chi connectivity index (χ4v) is 3.08. The highest BCUT2D eigenvalue weighted by Gasteiger charge is 2.17. The van der Waals surface area contributed by atoms with Crippen molar-refractivity contribution in [1.82, 2.24) is 4.98 Å². The summed E-state index contributed by atoms with van der Waals surface area (Å²) in [5.74, 6) is 0.332. The van der Waals surface area contributed by atoms with Gasteiger partial charge in [0, 0.05) is 12.3 Å². The molecule has 0 saturated heterocycles. The maximum atomic E-state index is 12.8. The maximum Gasteiger partial charge on any atom is 0.343 e. The normalized spacial score (nSPS) is 10.8. The fraction of sp³-hybridized carbons (Fsp3) is 0.304. The average Bonchev–Trinajstić information content (AvgIpc) is 2.69. The highest BCUT2D eigenvalue weighted by atomic mass is 16.5. The molecule has 0 aliphatic carbocycles. The molecule has 3 rings (SSSR count). The zero-order valence-corrected chi connectivity index (χ0v) is 17.1. The van der Waals surface area contributed by atoms with Gasteiger partial charge in [-0.2, -0.15) is 0 Å². The van der Waals surface area contributed by atoms with E-state index in [1.807, 2.05) is 26.8 Å². The van der Waals surface area contributed by atoms with Gasteiger partial charge < -0.3 is 19.2 Å². The molecule has 6 heteroatoms. The number of aromatic amines is 1. The fourth-order valence-electron chi connectivity index (χ4n) is 3.08. The maximum absolute atomic E-state index is 12.8. The number of H-pyrrole nitrogens is 1. The zero-order valence-electron chi connectivity index (χ0n) is 17.1. The minimum Gasteiger partial charge on any atom is -0.490 e. The Morgan fingerprint density at radius 1 is 1.00 bits per heavy atom. The number of fused-ring (bicyclic) bond motifs is 1. The van der Waals surface area contributed by atoms with E-state index < -0.39 is 11.4 Å². The number of benzene rings is 2. The lowest BCUT2D eigenvalue weighted by atomic mass is 10.1. The number of rotatable bonds is 7. The number of ether oxygens (including phenoxy) is 3. The van der Waals surface area contributed by atoms with Crippen LogP contribution in [0, 0.1) is 13.8 Å². The van der Waals surface area contributed by atoms with Gasteiger partial charge in [-0.3, -0.25) is 4.79 Å². The molecule has 0 aliphatic heterocycles. The van der Waals surface area contributed by atoms with E-state index in [1.54, 1.807) is 19.1 Å². The Labute approximate surface area is 169 Å². The van der Waals surface area contributed by atoms with Crippen LogP contribution in [0.4, 0.5) is 0 Å². The Morgan fingerprint density at radius 2 is 1.76 bits per heavy atom. The number of carbonyl (C=O) groups excluding carboxylic acids is 1. The lowest BCUT2D eigenvalue weighted by molar-refractivity contribution is 0.0524. The van der Waals surface area contributed by atoms with Crippen molar-refractivity contribution in [1.29, 1.82) is 0 Å². The Kier molecular flexibility index (Phi) is 6.22. The Hall–Kier alpha value is -3.28. The number of esters is 1. The summed E-state index contributed by atoms with van der Waals surface area (Å²) in [5.41, 5.74) is 3.44. The minimum atomic E-state index is -0.651. The number of carbonyl (C=O) groups is 1. The molecule has 0 radical (unpaired) electrons. The van der Waals surface area contributed by atoms with Gasteiger partial charge in [0.2, 0.25) is 5.43 Å². The number of nitrogens with one attached hydrogen (secondary N) is 1. The second kappa shape index (κ2) is 8.82. The van der Waals surface area contributed by atoms with Gasteiger partial charge in [-0.15, -0.1) is 0 Å². The van der Waals surface area contributed by atoms with Crippen molar-refractivity contribution in [3.63, 3.8) is 0 Å². The third-order valence-electron chi connectivity index (χ3n) is 4.63. The predicted molar refractivity (Wildman–Crippen MR) is 112 cm³/mol. The Bertz CT molecular complexity index is 1100. The van der Waals surface area contributed by atoms with Crippen molar-refractivity contribution in [3.05, 3.63) is 69.0 Å². The molecule has 152 valence electrons. The van der Waals surface area contributed by atoms with Crippen LogP contribution < -0.4 is 14.9 Å². The summed E-state index contributed by atoms with van der Waals surface area (Å²) in [4.78, 5) is 27.8. The van der Waals surface area contributed by atoms with Crippen LogP contribution in [-0.4, -0.2) is 24.2 Å². The van der Waals surface area contributed by atoms with Crippen molar-refractivity contribution in [2.45, 2.75) is 34.3 Å². The lowest BCUT2D eigenvalue weighted by Crippen LogP contribution is -2.18. The standard InChI is InChI=1S/C23H25NO5/c1-5-27-21-11-19-17(22(25)18(12-24-19)23(26)28-6-2)10-20(21)29-13-16-9-14(3)7-8-15(16)4/h7-12H,5-6,13H2,1-4H3,(H,24,25). The van der Waals surface area contributed by atoms with Gasteiger partial charge in [0.25, 0.3) is 0 Å². The van der Waals surface area contributed by atoms with Gasteiger partial charge in [0.05, 0.1) is 24.1 Å². The van der Waals surface area contributed by atoms with E-state index in [2.05, 4.69) is 17.1 Å². The van der Waals surface area contributed by atoms with Gasteiger partial charge in [-0.05, 0) is 44.9 Å². The molecule has 0 saturated carbocycles. The second-order valence-electron chi connectivity index (χ2n) is 6.75. The van der Waals surface area contributed by atoms with Crippen molar-refractivity contribution >= 4 is 16.9 Å². The molecule has 0 bridgehead atoms. The Balaban J connectivity index is 2.02. The molecule has 1 aromatic heterocycles. The molecular weight excluding hydrogens is 370 g/mol. The SMILES string of the molecule is CCOC(=O)c1c[nH]c2cc(OCC)c(OCc3cc(C)ccc3C)cc2c1=O. The summed E-state index contributed by atoms with van der Waals surface area (Å²) in [5, 5.41) is 0.343. The van der Waals surface area contributed by atoms with E-state index in [0.29, 0.717) is 35.6 Å². The third kappa shape index (κ3) is 4.42. The third-order valence-corrected chi connectivity index (χ3v) is 4.63. The van der Waals surface area contributed by atoms with Crippen LogP contribution in [-0.2, 0) is 11.3 Å². The van der Waals surface area contributed by atoms with E-state index in [4.69, 9.17) is 14.2 Å². The number of aryl methyl sites for hydroxylation is 2. The van der Waals surface area contributed by atoms with Crippen LogP contribution in [0.1, 0.15) is 40.9 Å². The first kappa shape index (κ1) is 20.5. The summed E-state index contributed by atoms with van der Waals surface area (Å²) in [6.07, 6.45) is 1.37. The largest absolute Gasteiger partial charge is 0.490 e. The van der Waals surface area contributed by atoms with Crippen LogP contribution in [0.2, 0.25) is 0 Å². The molecule has 2 aromatic carbocycles. The smallest absolute Gasteiger partial charge is 0.343 e. The molecule has 1 N–H and O–H groups in total. The summed E-state index contributed by atoms with van der Waals surface area (Å²) in [6.45, 7) is 8.63. The van der Waals surface area contributed by atoms with Gasteiger partial charge in [0.1, 0.15) is 12.2 Å². The first-order valence-corrected chi connectivity index (χ1v) is 9.62. The summed E-state index contributed by atoms with van der Waals surface area (Å²) in [6, 6.07) is 9.51. The monoisotopic (exact) mass is 395 g/mol. The van der Waals surface area contributed by atoms with Crippen molar-refractivity contribution < 1.29 is 19.0 Å². The summed E-state index contributed by atoms with van der Waals surface area (Å²) in [7, 11) is 0. The number of aromatic nitrogens is 1. The van der Waals surface area contributed by atoms with Gasteiger partial charge in [0.15, 0.2) is 11.5 Å². The second-order valence-corrected chi connectivity index (χ2v) is 6.75. The van der Waals surface area contributed by atoms with E-state index >= 15 is 0 Å². The van der Waals surface area contributed by atoms with E-state index in [1.165, 1.54) is 6.20 Å². The minimum absolute atomic E-state index is 0.0380. The predicted octanol–water partition coefficient (Wildman–Crippen LogP) is 4.30. The van der Waals surface area contributed by atoms with Gasteiger partial charge >= 0.3 is 5.97 Å². The molecule has 0 unspecified atom stereocenters. The quantitative estimate of drug-likeness (QED) is 0.604. The topological polar surface area (TPSA) is 77.6 Å². The number of hydrogen-bond acceptors (Lipinski definition) is 5. The van der Waals surface area contributed by atoms with Crippen LogP contribution >= 0.6 is 0 Å². The summed E-state index contributed by atoms with van der Waals surface area (Å²) < 4.78 is 16.7. The van der Waals surface area contributed by atoms with E-state index in [0.717, 1.165) is 16.7 Å². The van der Waals surface area contributed by atoms with E-state index in [9.17, 15) is 9.59 Å². The van der Waals surface area contributed by atoms with Crippen molar-refractivity contribution in [3.8, 4) is 11.5 Å². The molecule has 0 amide bonds. The van der Waals surface area contributed by atoms with Gasteiger partial charge in [-0.25, -0.2) is 4.79 Å². The molecule has 0 fully saturated rings. The zero-order chi connectivity index (χ0) is 21.0. The number of hydrogen-bond donors (Lipinski definition) is 1. The molecule has 0 aliphatic rings. The lowest BCUT2D eigenvalue weighted by Gasteiger charge is -2.15. The van der Waals surface area contributed by atoms with Crippen molar-refractivity contribution in [2.75, 3.05) is 13.2 Å². The number of pyridine rings is 1. The Morgan fingerprint density at radius 3 is 2.48 bits per heavy atom. The molecule has 29 heavy (non-hydrogen) atoms. The van der Waals surface area contributed by atoms with Crippen LogP contribution in [0.25, 0.3) is 10.9 Å². The molecule has 6 nitrogen and oxygen atoms in total. The molecular formula is C23H25NO5. The van der Waals surface area contributed by atoms with Crippen LogP contribution in [0.3, 0.4) is 0 Å². The highest BCUT2D eigenvalue weighted by molar-refractivity contribution is 5.94. The van der Waals surface area contributed by atoms with Crippen LogP contribution in [0.15, 0.2) is 41.3 Å². The summed E-state index contributed by atoms with van der Waals surface area (Å²) >= 11 is 0. The van der Waals surface area contributed by atoms with Gasteiger partial charge in [-0.1, -0.05) is 23.8 Å². The first-order chi connectivity index (χ1) is 13.9. The average molecular weight is 395 g/mol. The molecule has 3 aromatic rings.